The second kappa shape index (κ2) is 4.27. The van der Waals surface area contributed by atoms with Gasteiger partial charge in [0.25, 0.3) is 0 Å². The van der Waals surface area contributed by atoms with Crippen LogP contribution in [0.1, 0.15) is 5.56 Å². The third-order valence-electron chi connectivity index (χ3n) is 1.93. The molecule has 0 saturated heterocycles. The molecule has 0 aliphatic carbocycles. The molecule has 1 heterocycles. The molecule has 0 bridgehead atoms. The molecule has 0 spiro atoms. The number of nitrogens with zero attached hydrogens (tertiary/aromatic N) is 1. The predicted octanol–water partition coefficient (Wildman–Crippen LogP) is 2.53. The Morgan fingerprint density at radius 3 is 2.35 bits per heavy atom. The van der Waals surface area contributed by atoms with Crippen molar-refractivity contribution in [1.29, 1.82) is 0 Å². The third-order valence-corrected chi connectivity index (χ3v) is 1.93. The number of pyridine rings is 1. The van der Waals surface area contributed by atoms with E-state index in [4.69, 9.17) is 0 Å². The van der Waals surface area contributed by atoms with Crippen molar-refractivity contribution >= 4 is 11.6 Å². The van der Waals surface area contributed by atoms with Gasteiger partial charge in [-0.25, -0.2) is 0 Å². The number of carbonyl (C=O) groups excluding carboxylic acids is 1. The molecule has 1 N–H and O–H groups in total. The monoisotopic (exact) mass is 254 g/mol. The Balaban J connectivity index is 2.91. The Morgan fingerprint density at radius 1 is 1.29 bits per heavy atom. The first-order valence-corrected chi connectivity index (χ1v) is 4.33. The van der Waals surface area contributed by atoms with Gasteiger partial charge in [-0.1, -0.05) is 0 Å². The highest BCUT2D eigenvalue weighted by molar-refractivity contribution is 5.97. The summed E-state index contributed by atoms with van der Waals surface area (Å²) in [5.74, 6) is -7.86. The summed E-state index contributed by atoms with van der Waals surface area (Å²) in [6.45, 7) is 1.43. The summed E-state index contributed by atoms with van der Waals surface area (Å²) in [5, 5.41) is 1.49. The first-order chi connectivity index (χ1) is 7.66. The van der Waals surface area contributed by atoms with Gasteiger partial charge >= 0.3 is 18.0 Å². The average molecular weight is 254 g/mol. The second-order valence-electron chi connectivity index (χ2n) is 3.22. The van der Waals surface area contributed by atoms with Gasteiger partial charge in [0, 0.05) is 6.20 Å². The number of amides is 1. The van der Waals surface area contributed by atoms with Gasteiger partial charge in [0.05, 0.1) is 11.9 Å². The van der Waals surface area contributed by atoms with E-state index in [0.717, 1.165) is 6.20 Å². The van der Waals surface area contributed by atoms with E-state index in [-0.39, 0.29) is 5.69 Å². The van der Waals surface area contributed by atoms with Gasteiger partial charge < -0.3 is 5.32 Å². The fourth-order valence-corrected chi connectivity index (χ4v) is 0.924. The van der Waals surface area contributed by atoms with Crippen LogP contribution in [-0.2, 0) is 4.79 Å². The average Bonchev–Trinajstić information content (AvgIpc) is 2.19. The summed E-state index contributed by atoms with van der Waals surface area (Å²) in [6, 6.07) is 1.36. The third kappa shape index (κ3) is 2.69. The van der Waals surface area contributed by atoms with Crippen LogP contribution in [0.15, 0.2) is 18.5 Å². The molecule has 94 valence electrons. The van der Waals surface area contributed by atoms with Crippen LogP contribution >= 0.6 is 0 Å². The molecule has 1 aromatic heterocycles. The van der Waals surface area contributed by atoms with Gasteiger partial charge in [0.15, 0.2) is 0 Å². The Bertz CT molecular complexity index is 430. The summed E-state index contributed by atoms with van der Waals surface area (Å²) in [7, 11) is 0. The molecule has 0 aromatic carbocycles. The quantitative estimate of drug-likeness (QED) is 0.824. The topological polar surface area (TPSA) is 42.0 Å². The number of halogens is 5. The van der Waals surface area contributed by atoms with E-state index in [1.807, 2.05) is 0 Å². The van der Waals surface area contributed by atoms with E-state index < -0.39 is 18.0 Å². The second-order valence-corrected chi connectivity index (χ2v) is 3.22. The van der Waals surface area contributed by atoms with Crippen molar-refractivity contribution in [3.8, 4) is 0 Å². The zero-order valence-corrected chi connectivity index (χ0v) is 8.48. The molecular formula is C9H7F5N2O. The number of carbonyl (C=O) groups is 1. The van der Waals surface area contributed by atoms with Crippen LogP contribution in [0.4, 0.5) is 27.6 Å². The molecule has 0 atom stereocenters. The van der Waals surface area contributed by atoms with Crippen molar-refractivity contribution in [3.05, 3.63) is 24.0 Å². The number of aryl methyl sites for hydroxylation is 1. The summed E-state index contributed by atoms with van der Waals surface area (Å²) in [6.07, 6.45) is -3.63. The van der Waals surface area contributed by atoms with Crippen LogP contribution in [-0.4, -0.2) is 23.0 Å². The summed E-state index contributed by atoms with van der Waals surface area (Å²) < 4.78 is 60.8. The van der Waals surface area contributed by atoms with Gasteiger partial charge in [0.1, 0.15) is 0 Å². The molecule has 3 nitrogen and oxygen atoms in total. The number of hydrogen-bond donors (Lipinski definition) is 1. The Hall–Kier alpha value is -1.73. The SMILES string of the molecule is Cc1ccncc1NC(=O)C(F)(F)C(F)(F)F. The van der Waals surface area contributed by atoms with Gasteiger partial charge in [-0.3, -0.25) is 9.78 Å². The largest absolute Gasteiger partial charge is 0.463 e. The number of hydrogen-bond acceptors (Lipinski definition) is 2. The molecule has 0 radical (unpaired) electrons. The van der Waals surface area contributed by atoms with Crippen molar-refractivity contribution in [2.24, 2.45) is 0 Å². The zero-order valence-electron chi connectivity index (χ0n) is 8.48. The molecule has 8 heteroatoms. The van der Waals surface area contributed by atoms with Crippen LogP contribution in [0.3, 0.4) is 0 Å². The van der Waals surface area contributed by atoms with Crippen LogP contribution in [0, 0.1) is 6.92 Å². The number of rotatable bonds is 2. The summed E-state index contributed by atoms with van der Waals surface area (Å²) in [4.78, 5) is 14.3. The molecule has 0 fully saturated rings. The Labute approximate surface area is 92.6 Å². The van der Waals surface area contributed by atoms with Crippen molar-refractivity contribution in [1.82, 2.24) is 4.98 Å². The maximum atomic E-state index is 12.6. The lowest BCUT2D eigenvalue weighted by Gasteiger charge is -2.19. The van der Waals surface area contributed by atoms with E-state index in [1.54, 1.807) is 0 Å². The van der Waals surface area contributed by atoms with Gasteiger partial charge in [-0.05, 0) is 18.6 Å². The maximum Gasteiger partial charge on any atom is 0.463 e. The van der Waals surface area contributed by atoms with Crippen molar-refractivity contribution < 1.29 is 26.7 Å². The molecule has 1 amide bonds. The standard InChI is InChI=1S/C9H7F5N2O/c1-5-2-3-15-4-6(5)16-7(17)8(10,11)9(12,13)14/h2-4H,1H3,(H,16,17). The predicted molar refractivity (Wildman–Crippen MR) is 48.6 cm³/mol. The first kappa shape index (κ1) is 13.3. The van der Waals surface area contributed by atoms with E-state index in [0.29, 0.717) is 5.56 Å². The number of aromatic nitrogens is 1. The minimum absolute atomic E-state index is 0.193. The lowest BCUT2D eigenvalue weighted by Crippen LogP contribution is -2.47. The highest BCUT2D eigenvalue weighted by atomic mass is 19.4. The van der Waals surface area contributed by atoms with Crippen molar-refractivity contribution in [2.75, 3.05) is 5.32 Å². The first-order valence-electron chi connectivity index (χ1n) is 4.33. The molecule has 0 unspecified atom stereocenters. The van der Waals surface area contributed by atoms with Crippen molar-refractivity contribution in [3.63, 3.8) is 0 Å². The molecule has 0 aliphatic rings. The molecule has 0 saturated carbocycles. The molecular weight excluding hydrogens is 247 g/mol. The smallest absolute Gasteiger partial charge is 0.319 e. The van der Waals surface area contributed by atoms with Crippen LogP contribution in [0.2, 0.25) is 0 Å². The molecule has 0 aliphatic heterocycles. The Kier molecular flexibility index (Phi) is 3.35. The van der Waals surface area contributed by atoms with Crippen LogP contribution in [0.25, 0.3) is 0 Å². The van der Waals surface area contributed by atoms with Gasteiger partial charge in [0.2, 0.25) is 0 Å². The minimum atomic E-state index is -5.92. The van der Waals surface area contributed by atoms with E-state index in [9.17, 15) is 26.7 Å². The molecule has 17 heavy (non-hydrogen) atoms. The zero-order chi connectivity index (χ0) is 13.3. The lowest BCUT2D eigenvalue weighted by molar-refractivity contribution is -0.267. The highest BCUT2D eigenvalue weighted by Gasteiger charge is 2.63. The fraction of sp³-hybridized carbons (Fsp3) is 0.333. The van der Waals surface area contributed by atoms with Gasteiger partial charge in [-0.15, -0.1) is 0 Å². The Morgan fingerprint density at radius 2 is 1.88 bits per heavy atom. The number of alkyl halides is 5. The van der Waals surface area contributed by atoms with E-state index in [1.165, 1.54) is 24.5 Å². The molecule has 1 rings (SSSR count). The minimum Gasteiger partial charge on any atom is -0.319 e. The highest BCUT2D eigenvalue weighted by Crippen LogP contribution is 2.36. The molecule has 1 aromatic rings. The summed E-state index contributed by atoms with van der Waals surface area (Å²) >= 11 is 0. The fourth-order valence-electron chi connectivity index (χ4n) is 0.924. The number of anilines is 1. The normalized spacial score (nSPS) is 12.4. The van der Waals surface area contributed by atoms with Crippen LogP contribution < -0.4 is 5.32 Å². The van der Waals surface area contributed by atoms with Gasteiger partial charge in [-0.2, -0.15) is 22.0 Å². The lowest BCUT2D eigenvalue weighted by atomic mass is 10.2. The van der Waals surface area contributed by atoms with E-state index in [2.05, 4.69) is 4.98 Å². The maximum absolute atomic E-state index is 12.6. The number of nitrogens with one attached hydrogen (secondary N) is 1. The van der Waals surface area contributed by atoms with E-state index >= 15 is 0 Å². The van der Waals surface area contributed by atoms with Crippen LogP contribution in [0.5, 0.6) is 0 Å². The summed E-state index contributed by atoms with van der Waals surface area (Å²) in [5.41, 5.74) is 0.132. The van der Waals surface area contributed by atoms with Crippen molar-refractivity contribution in [2.45, 2.75) is 19.0 Å².